The zero-order valence-electron chi connectivity index (χ0n) is 10.5. The molecule has 7 heteroatoms. The molecule has 2 aromatic rings. The molecular weight excluding hydrogens is 399 g/mol. The molecule has 2 rings (SSSR count). The molecule has 1 aromatic heterocycles. The van der Waals surface area contributed by atoms with Gasteiger partial charge in [0.05, 0.1) is 0 Å². The fourth-order valence-electron chi connectivity index (χ4n) is 1.62. The average Bonchev–Trinajstić information content (AvgIpc) is 2.47. The second-order valence-electron chi connectivity index (χ2n) is 3.98. The van der Waals surface area contributed by atoms with Crippen molar-refractivity contribution in [3.05, 3.63) is 57.8 Å². The topological polar surface area (TPSA) is 91.0 Å². The van der Waals surface area contributed by atoms with Gasteiger partial charge in [-0.25, -0.2) is 0 Å². The molecule has 0 bridgehead atoms. The maximum absolute atomic E-state index is 12.2. The van der Waals surface area contributed by atoms with E-state index in [0.717, 1.165) is 0 Å². The summed E-state index contributed by atoms with van der Waals surface area (Å²) in [6.07, 6.45) is 0. The van der Waals surface area contributed by atoms with Crippen molar-refractivity contribution in [1.82, 2.24) is 4.98 Å². The van der Waals surface area contributed by atoms with Crippen LogP contribution >= 0.6 is 15.9 Å². The number of aromatic nitrogens is 1. The molecule has 0 aliphatic carbocycles. The van der Waals surface area contributed by atoms with E-state index >= 15 is 0 Å². The zero-order chi connectivity index (χ0) is 15.4. The van der Waals surface area contributed by atoms with E-state index in [4.69, 9.17) is 5.26 Å². The van der Waals surface area contributed by atoms with Crippen molar-refractivity contribution in [3.63, 3.8) is 0 Å². The zero-order valence-corrected chi connectivity index (χ0v) is 14.2. The molecule has 5 nitrogen and oxygen atoms in total. The molecule has 1 aromatic carbocycles. The van der Waals surface area contributed by atoms with Crippen molar-refractivity contribution in [2.24, 2.45) is 0 Å². The number of hydrogen-bond acceptors (Lipinski definition) is 4. The first-order chi connectivity index (χ1) is 10.0. The Morgan fingerprint density at radius 3 is 2.67 bits per heavy atom. The van der Waals surface area contributed by atoms with Crippen LogP contribution in [0.1, 0.15) is 26.4 Å². The van der Waals surface area contributed by atoms with Gasteiger partial charge in [-0.2, -0.15) is 0 Å². The van der Waals surface area contributed by atoms with E-state index in [1.807, 2.05) is 6.07 Å². The molecule has 0 radical (unpaired) electrons. The minimum atomic E-state index is -1.37. The van der Waals surface area contributed by atoms with E-state index < -0.39 is 21.7 Å². The Labute approximate surface area is 135 Å². The van der Waals surface area contributed by atoms with Crippen LogP contribution in [0.3, 0.4) is 0 Å². The van der Waals surface area contributed by atoms with Gasteiger partial charge in [-0.05, 0) is 0 Å². The fraction of sp³-hybridized carbons (Fsp3) is 0. The molecular formula is C14H8AsBrN2O3. The molecule has 1 atom stereocenters. The summed E-state index contributed by atoms with van der Waals surface area (Å²) in [6, 6.07) is 11.3. The van der Waals surface area contributed by atoms with Gasteiger partial charge < -0.3 is 0 Å². The second kappa shape index (κ2) is 6.66. The molecule has 1 unspecified atom stereocenters. The van der Waals surface area contributed by atoms with Gasteiger partial charge in [0.25, 0.3) is 0 Å². The summed E-state index contributed by atoms with van der Waals surface area (Å²) in [6.45, 7) is 0. The second-order valence-corrected chi connectivity index (χ2v) is 7.40. The van der Waals surface area contributed by atoms with Gasteiger partial charge in [0.1, 0.15) is 0 Å². The van der Waals surface area contributed by atoms with Gasteiger partial charge in [0.2, 0.25) is 0 Å². The third kappa shape index (κ3) is 3.78. The summed E-state index contributed by atoms with van der Waals surface area (Å²) in [5.74, 6) is -1.14. The van der Waals surface area contributed by atoms with Crippen LogP contribution in [0.5, 0.6) is 0 Å². The van der Waals surface area contributed by atoms with Crippen LogP contribution in [0.15, 0.2) is 41.0 Å². The van der Waals surface area contributed by atoms with Crippen LogP contribution in [0, 0.1) is 11.3 Å². The SMILES string of the molecule is N#Cc1ccc([AsH]C(=O)c2cccc(Br)n2)c(C(=O)O)c1. The number of carboxylic acid groups (broad SMARTS) is 1. The van der Waals surface area contributed by atoms with Gasteiger partial charge in [-0.1, -0.05) is 0 Å². The molecule has 0 aliphatic heterocycles. The third-order valence-electron chi connectivity index (χ3n) is 2.58. The average molecular weight is 407 g/mol. The number of nitriles is 1. The summed E-state index contributed by atoms with van der Waals surface area (Å²) in [5, 5.41) is 18.0. The Kier molecular flexibility index (Phi) is 4.89. The molecule has 0 aliphatic rings. The predicted molar refractivity (Wildman–Crippen MR) is 81.2 cm³/mol. The molecule has 0 amide bonds. The molecule has 0 saturated carbocycles. The van der Waals surface area contributed by atoms with Crippen LogP contribution in [-0.2, 0) is 0 Å². The van der Waals surface area contributed by atoms with Gasteiger partial charge in [0, 0.05) is 0 Å². The van der Waals surface area contributed by atoms with E-state index in [1.54, 1.807) is 18.2 Å². The van der Waals surface area contributed by atoms with Gasteiger partial charge >= 0.3 is 135 Å². The number of halogens is 1. The molecule has 0 spiro atoms. The number of carbonyl (C=O) groups excluding carboxylic acids is 1. The third-order valence-corrected chi connectivity index (χ3v) is 5.51. The van der Waals surface area contributed by atoms with Crippen LogP contribution in [0.25, 0.3) is 0 Å². The van der Waals surface area contributed by atoms with E-state index in [0.29, 0.717) is 14.6 Å². The summed E-state index contributed by atoms with van der Waals surface area (Å²) in [5.41, 5.74) is 0.582. The first-order valence-corrected chi connectivity index (χ1v) is 8.61. The van der Waals surface area contributed by atoms with E-state index in [9.17, 15) is 14.7 Å². The Balaban J connectivity index is 2.33. The van der Waals surface area contributed by atoms with Crippen molar-refractivity contribution < 1.29 is 14.7 Å². The summed E-state index contributed by atoms with van der Waals surface area (Å²) >= 11 is 1.83. The van der Waals surface area contributed by atoms with Crippen LogP contribution in [-0.4, -0.2) is 36.4 Å². The molecule has 1 N–H and O–H groups in total. The van der Waals surface area contributed by atoms with Crippen molar-refractivity contribution in [2.75, 3.05) is 0 Å². The fourth-order valence-corrected chi connectivity index (χ4v) is 4.05. The number of carboxylic acids is 1. The Morgan fingerprint density at radius 1 is 1.29 bits per heavy atom. The molecule has 21 heavy (non-hydrogen) atoms. The maximum atomic E-state index is 12.2. The van der Waals surface area contributed by atoms with Gasteiger partial charge in [0.15, 0.2) is 0 Å². The molecule has 0 fully saturated rings. The number of benzene rings is 1. The predicted octanol–water partition coefficient (Wildman–Crippen LogP) is 1.32. The van der Waals surface area contributed by atoms with E-state index in [-0.39, 0.29) is 15.7 Å². The van der Waals surface area contributed by atoms with Crippen molar-refractivity contribution >= 4 is 46.6 Å². The summed E-state index contributed by atoms with van der Waals surface area (Å²) < 4.78 is 0.870. The Morgan fingerprint density at radius 2 is 2.05 bits per heavy atom. The minimum absolute atomic E-state index is 0.0115. The van der Waals surface area contributed by atoms with E-state index in [1.165, 1.54) is 18.2 Å². The number of hydrogen-bond donors (Lipinski definition) is 1. The number of nitrogens with zero attached hydrogens (tertiary/aromatic N) is 2. The number of carbonyl (C=O) groups is 2. The van der Waals surface area contributed by atoms with Gasteiger partial charge in [-0.15, -0.1) is 0 Å². The standard InChI is InChI=1S/C14H8AsBrN2O3/c16-12-3-1-2-11(18-12)13(19)15-10-5-4-8(7-17)6-9(10)14(20)21/h1-6,15H,(H,20,21). The number of pyridine rings is 1. The van der Waals surface area contributed by atoms with Crippen LogP contribution < -0.4 is 4.35 Å². The van der Waals surface area contributed by atoms with Crippen molar-refractivity contribution in [1.29, 1.82) is 5.26 Å². The molecule has 104 valence electrons. The quantitative estimate of drug-likeness (QED) is 0.610. The van der Waals surface area contributed by atoms with Crippen molar-refractivity contribution in [2.45, 2.75) is 0 Å². The monoisotopic (exact) mass is 406 g/mol. The van der Waals surface area contributed by atoms with Crippen LogP contribution in [0.2, 0.25) is 0 Å². The summed E-state index contributed by atoms with van der Waals surface area (Å²) in [4.78, 5) is 27.5. The first-order valence-electron chi connectivity index (χ1n) is 5.72. The summed E-state index contributed by atoms with van der Waals surface area (Å²) in [7, 11) is 0. The van der Waals surface area contributed by atoms with Gasteiger partial charge in [-0.3, -0.25) is 0 Å². The first kappa shape index (κ1) is 15.4. The molecule has 1 heterocycles. The number of rotatable bonds is 4. The van der Waals surface area contributed by atoms with Crippen LogP contribution in [0.4, 0.5) is 0 Å². The number of aromatic carboxylic acids is 1. The molecule has 0 saturated heterocycles. The Bertz CT molecular complexity index is 771. The Hall–Kier alpha value is -1.96. The normalized spacial score (nSPS) is 10.5. The van der Waals surface area contributed by atoms with Crippen molar-refractivity contribution in [3.8, 4) is 6.07 Å². The van der Waals surface area contributed by atoms with E-state index in [2.05, 4.69) is 20.9 Å².